The molecule has 4 nitrogen and oxygen atoms in total. The Kier molecular flexibility index (Phi) is 7.20. The molecule has 158 valence electrons. The van der Waals surface area contributed by atoms with Gasteiger partial charge in [0, 0.05) is 30.9 Å². The maximum atomic E-state index is 5.75. The summed E-state index contributed by atoms with van der Waals surface area (Å²) < 4.78 is 11.3. The van der Waals surface area contributed by atoms with E-state index in [1.54, 1.807) is 0 Å². The van der Waals surface area contributed by atoms with Crippen LogP contribution in [0.4, 0.5) is 5.69 Å². The van der Waals surface area contributed by atoms with E-state index < -0.39 is 0 Å². The smallest absolute Gasteiger partial charge is 0.231 e. The van der Waals surface area contributed by atoms with E-state index in [1.165, 1.54) is 40.8 Å². The van der Waals surface area contributed by atoms with Crippen molar-refractivity contribution in [1.82, 2.24) is 4.90 Å². The lowest BCUT2D eigenvalue weighted by Crippen LogP contribution is -2.28. The van der Waals surface area contributed by atoms with E-state index in [0.29, 0.717) is 12.7 Å². The molecule has 2 aromatic rings. The molecule has 0 amide bonds. The van der Waals surface area contributed by atoms with Gasteiger partial charge in [-0.05, 0) is 73.9 Å². The monoisotopic (exact) mass is 436 g/mol. The molecule has 1 aliphatic carbocycles. The summed E-state index contributed by atoms with van der Waals surface area (Å²) in [5.41, 5.74) is 7.12. The van der Waals surface area contributed by atoms with Crippen LogP contribution in [0, 0.1) is 0 Å². The van der Waals surface area contributed by atoms with E-state index in [4.69, 9.17) is 9.47 Å². The highest BCUT2D eigenvalue weighted by Gasteiger charge is 2.28. The second-order valence-corrected chi connectivity index (χ2v) is 8.14. The Balaban J connectivity index is 0.00000120. The number of anilines is 1. The summed E-state index contributed by atoms with van der Waals surface area (Å²) in [6.07, 6.45) is 5.90. The van der Waals surface area contributed by atoms with Gasteiger partial charge in [0.15, 0.2) is 11.5 Å². The van der Waals surface area contributed by atoms with Crippen molar-refractivity contribution in [1.29, 1.82) is 0 Å². The van der Waals surface area contributed by atoms with Crippen LogP contribution in [0.25, 0.3) is 0 Å². The fourth-order valence-corrected chi connectivity index (χ4v) is 4.86. The SMILES string of the molecule is CN(CCc1ccc2c(c1)CCN2)C[C@@H]1CCCc2c1ccc1c2OCO1.Cl.Cl. The lowest BCUT2D eigenvalue weighted by molar-refractivity contribution is 0.173. The highest BCUT2D eigenvalue weighted by molar-refractivity contribution is 5.85. The van der Waals surface area contributed by atoms with Crippen LogP contribution in [-0.2, 0) is 19.3 Å². The Morgan fingerprint density at radius 2 is 2.00 bits per heavy atom. The van der Waals surface area contributed by atoms with Gasteiger partial charge < -0.3 is 19.7 Å². The number of rotatable bonds is 5. The molecule has 0 bridgehead atoms. The zero-order valence-corrected chi connectivity index (χ0v) is 18.5. The molecule has 2 heterocycles. The Morgan fingerprint density at radius 3 is 2.90 bits per heavy atom. The summed E-state index contributed by atoms with van der Waals surface area (Å²) in [5.74, 6) is 2.53. The molecule has 0 radical (unpaired) electrons. The number of likely N-dealkylation sites (N-methyl/N-ethyl adjacent to an activating group) is 1. The molecule has 1 N–H and O–H groups in total. The molecule has 0 unspecified atom stereocenters. The number of ether oxygens (including phenoxy) is 2. The maximum Gasteiger partial charge on any atom is 0.231 e. The summed E-state index contributed by atoms with van der Waals surface area (Å²) in [5, 5.41) is 3.44. The molecule has 29 heavy (non-hydrogen) atoms. The molecule has 3 aliphatic rings. The van der Waals surface area contributed by atoms with E-state index >= 15 is 0 Å². The van der Waals surface area contributed by atoms with Crippen LogP contribution in [0.3, 0.4) is 0 Å². The molecule has 0 saturated heterocycles. The molecule has 2 aliphatic heterocycles. The second-order valence-electron chi connectivity index (χ2n) is 8.14. The largest absolute Gasteiger partial charge is 0.454 e. The van der Waals surface area contributed by atoms with Crippen molar-refractivity contribution in [3.63, 3.8) is 0 Å². The van der Waals surface area contributed by atoms with E-state index in [-0.39, 0.29) is 24.8 Å². The summed E-state index contributed by atoms with van der Waals surface area (Å²) in [7, 11) is 2.26. The summed E-state index contributed by atoms with van der Waals surface area (Å²) in [4.78, 5) is 2.50. The zero-order valence-electron chi connectivity index (χ0n) is 16.9. The molecule has 5 rings (SSSR count). The predicted molar refractivity (Wildman–Crippen MR) is 123 cm³/mol. The predicted octanol–water partition coefficient (Wildman–Crippen LogP) is 4.82. The third-order valence-electron chi connectivity index (χ3n) is 6.29. The molecule has 0 spiro atoms. The first-order valence-corrected chi connectivity index (χ1v) is 10.2. The molecule has 0 fully saturated rings. The molecule has 1 atom stereocenters. The topological polar surface area (TPSA) is 33.7 Å². The van der Waals surface area contributed by atoms with Gasteiger partial charge in [0.2, 0.25) is 6.79 Å². The highest BCUT2D eigenvalue weighted by atomic mass is 35.5. The highest BCUT2D eigenvalue weighted by Crippen LogP contribution is 2.44. The van der Waals surface area contributed by atoms with Crippen LogP contribution in [-0.4, -0.2) is 38.4 Å². The van der Waals surface area contributed by atoms with Crippen molar-refractivity contribution in [3.05, 3.63) is 52.6 Å². The Bertz CT molecular complexity index is 859. The van der Waals surface area contributed by atoms with Gasteiger partial charge in [-0.15, -0.1) is 24.8 Å². The normalized spacial score (nSPS) is 18.3. The number of hydrogen-bond acceptors (Lipinski definition) is 4. The molecular weight excluding hydrogens is 407 g/mol. The van der Waals surface area contributed by atoms with Crippen LogP contribution < -0.4 is 14.8 Å². The van der Waals surface area contributed by atoms with Crippen molar-refractivity contribution < 1.29 is 9.47 Å². The number of halogens is 2. The first kappa shape index (κ1) is 22.1. The average Bonchev–Trinajstić information content (AvgIpc) is 3.35. The lowest BCUT2D eigenvalue weighted by atomic mass is 9.82. The third-order valence-corrected chi connectivity index (χ3v) is 6.29. The number of benzene rings is 2. The third kappa shape index (κ3) is 4.45. The van der Waals surface area contributed by atoms with E-state index in [2.05, 4.69) is 47.6 Å². The molecule has 0 aromatic heterocycles. The first-order chi connectivity index (χ1) is 13.3. The summed E-state index contributed by atoms with van der Waals surface area (Å²) in [6, 6.07) is 11.3. The molecule has 2 aromatic carbocycles. The minimum absolute atomic E-state index is 0. The van der Waals surface area contributed by atoms with Gasteiger partial charge in [-0.1, -0.05) is 18.2 Å². The standard InChI is InChI=1S/C23H28N2O2.2ClH/c1-25(12-10-16-5-7-21-17(13-16)9-11-24-21)14-18-3-2-4-20-19(18)6-8-22-23(20)27-15-26-22;;/h5-8,13,18,24H,2-4,9-12,14-15H2,1H3;2*1H/t18-;;/m0../s1. The van der Waals surface area contributed by atoms with Gasteiger partial charge in [0.1, 0.15) is 0 Å². The van der Waals surface area contributed by atoms with Crippen molar-refractivity contribution in [2.45, 2.75) is 38.0 Å². The van der Waals surface area contributed by atoms with E-state index in [9.17, 15) is 0 Å². The molecule has 0 saturated carbocycles. The lowest BCUT2D eigenvalue weighted by Gasteiger charge is -2.30. The van der Waals surface area contributed by atoms with E-state index in [1.807, 2.05) is 0 Å². The number of hydrogen-bond donors (Lipinski definition) is 1. The van der Waals surface area contributed by atoms with Crippen LogP contribution in [0.1, 0.15) is 41.0 Å². The first-order valence-electron chi connectivity index (χ1n) is 10.2. The number of nitrogens with zero attached hydrogens (tertiary/aromatic N) is 1. The minimum Gasteiger partial charge on any atom is -0.454 e. The van der Waals surface area contributed by atoms with Crippen molar-refractivity contribution >= 4 is 30.5 Å². The van der Waals surface area contributed by atoms with Crippen molar-refractivity contribution in [3.8, 4) is 11.5 Å². The Morgan fingerprint density at radius 1 is 1.10 bits per heavy atom. The van der Waals surface area contributed by atoms with Gasteiger partial charge in [-0.3, -0.25) is 0 Å². The van der Waals surface area contributed by atoms with Crippen LogP contribution in [0.15, 0.2) is 30.3 Å². The summed E-state index contributed by atoms with van der Waals surface area (Å²) in [6.45, 7) is 3.66. The van der Waals surface area contributed by atoms with Gasteiger partial charge >= 0.3 is 0 Å². The maximum absolute atomic E-state index is 5.75. The molecular formula is C23H30Cl2N2O2. The van der Waals surface area contributed by atoms with Crippen molar-refractivity contribution in [2.75, 3.05) is 38.8 Å². The van der Waals surface area contributed by atoms with Gasteiger partial charge in [-0.25, -0.2) is 0 Å². The van der Waals surface area contributed by atoms with Gasteiger partial charge in [0.05, 0.1) is 0 Å². The Hall–Kier alpha value is -1.62. The number of fused-ring (bicyclic) bond motifs is 4. The fourth-order valence-electron chi connectivity index (χ4n) is 4.86. The van der Waals surface area contributed by atoms with Gasteiger partial charge in [-0.2, -0.15) is 0 Å². The number of nitrogens with one attached hydrogen (secondary N) is 1. The fraction of sp³-hybridized carbons (Fsp3) is 0.478. The quantitative estimate of drug-likeness (QED) is 0.727. The molecule has 6 heteroatoms. The van der Waals surface area contributed by atoms with Crippen LogP contribution in [0.2, 0.25) is 0 Å². The zero-order chi connectivity index (χ0) is 18.2. The second kappa shape index (κ2) is 9.46. The van der Waals surface area contributed by atoms with Gasteiger partial charge in [0.25, 0.3) is 0 Å². The van der Waals surface area contributed by atoms with Crippen molar-refractivity contribution in [2.24, 2.45) is 0 Å². The Labute approximate surface area is 185 Å². The van der Waals surface area contributed by atoms with E-state index in [0.717, 1.165) is 50.4 Å². The minimum atomic E-state index is 0. The van der Waals surface area contributed by atoms with Crippen LogP contribution >= 0.6 is 24.8 Å². The average molecular weight is 437 g/mol. The summed E-state index contributed by atoms with van der Waals surface area (Å²) >= 11 is 0. The van der Waals surface area contributed by atoms with Crippen LogP contribution in [0.5, 0.6) is 11.5 Å².